The minimum Gasteiger partial charge on any atom is -0.356 e. The predicted octanol–water partition coefficient (Wildman–Crippen LogP) is 1.22. The van der Waals surface area contributed by atoms with Gasteiger partial charge in [-0.15, -0.1) is 0 Å². The van der Waals surface area contributed by atoms with E-state index in [0.29, 0.717) is 12.1 Å². The molecular weight excluding hydrogens is 158 g/mol. The molecule has 0 spiro atoms. The zero-order valence-corrected chi connectivity index (χ0v) is 7.79. The Morgan fingerprint density at radius 3 is 2.17 bits per heavy atom. The van der Waals surface area contributed by atoms with E-state index < -0.39 is 12.4 Å². The van der Waals surface area contributed by atoms with Crippen molar-refractivity contribution < 1.29 is 14.6 Å². The summed E-state index contributed by atoms with van der Waals surface area (Å²) in [4.78, 5) is 0. The lowest BCUT2D eigenvalue weighted by Crippen LogP contribution is -2.19. The summed E-state index contributed by atoms with van der Waals surface area (Å²) in [6.45, 7) is 1.54. The number of ether oxygens (including phenoxy) is 2. The van der Waals surface area contributed by atoms with Crippen LogP contribution in [0.1, 0.15) is 19.8 Å². The van der Waals surface area contributed by atoms with Crippen LogP contribution in [-0.4, -0.2) is 32.3 Å². The molecule has 4 heteroatoms. The van der Waals surface area contributed by atoms with E-state index in [2.05, 4.69) is 0 Å². The van der Waals surface area contributed by atoms with Gasteiger partial charge in [0.15, 0.2) is 6.29 Å². The summed E-state index contributed by atoms with van der Waals surface area (Å²) in [5.41, 5.74) is 0.381. The largest absolute Gasteiger partial charge is 0.356 e. The third-order valence-corrected chi connectivity index (χ3v) is 1.47. The second kappa shape index (κ2) is 6.11. The van der Waals surface area contributed by atoms with Crippen molar-refractivity contribution in [2.45, 2.75) is 32.2 Å². The van der Waals surface area contributed by atoms with Gasteiger partial charge in [-0.05, 0) is 6.92 Å². The number of rotatable bonds is 6. The van der Waals surface area contributed by atoms with Crippen molar-refractivity contribution in [3.8, 4) is 0 Å². The third kappa shape index (κ3) is 5.23. The third-order valence-electron chi connectivity index (χ3n) is 1.47. The first-order chi connectivity index (χ1) is 5.60. The van der Waals surface area contributed by atoms with Crippen LogP contribution >= 0.6 is 0 Å². The van der Waals surface area contributed by atoms with E-state index in [1.165, 1.54) is 14.2 Å². The number of methoxy groups -OCH3 is 2. The molecule has 0 bridgehead atoms. The van der Waals surface area contributed by atoms with Crippen LogP contribution < -0.4 is 0 Å². The zero-order valence-electron chi connectivity index (χ0n) is 7.79. The van der Waals surface area contributed by atoms with Gasteiger partial charge in [0, 0.05) is 32.8 Å². The van der Waals surface area contributed by atoms with Crippen molar-refractivity contribution in [3.63, 3.8) is 0 Å². The maximum absolute atomic E-state index is 10.7. The molecule has 0 aromatic rings. The summed E-state index contributed by atoms with van der Waals surface area (Å²) in [6.07, 6.45) is -0.467. The van der Waals surface area contributed by atoms with Crippen LogP contribution in [0, 0.1) is 5.41 Å². The molecule has 0 saturated carbocycles. The first-order valence-corrected chi connectivity index (χ1v) is 3.87. The minimum atomic E-state index is -0.716. The van der Waals surface area contributed by atoms with Crippen LogP contribution in [0.4, 0.5) is 0 Å². The molecular formula is C8H16NO3. The standard InChI is InChI=1S/C8H16NO3/c1-6(10)4-7(9)5-8(11-2)12-3/h6,8-9H,4-5H2,1-3H3. The lowest BCUT2D eigenvalue weighted by molar-refractivity contribution is -0.0963. The summed E-state index contributed by atoms with van der Waals surface area (Å²) in [5.74, 6) is 0. The molecule has 4 nitrogen and oxygen atoms in total. The van der Waals surface area contributed by atoms with Crippen LogP contribution in [0.2, 0.25) is 0 Å². The van der Waals surface area contributed by atoms with E-state index in [4.69, 9.17) is 14.9 Å². The summed E-state index contributed by atoms with van der Waals surface area (Å²) in [5, 5.41) is 18.1. The molecule has 0 saturated heterocycles. The highest BCUT2D eigenvalue weighted by atomic mass is 16.7. The van der Waals surface area contributed by atoms with E-state index in [9.17, 15) is 5.11 Å². The Morgan fingerprint density at radius 2 is 1.83 bits per heavy atom. The van der Waals surface area contributed by atoms with Crippen LogP contribution in [0.5, 0.6) is 0 Å². The lowest BCUT2D eigenvalue weighted by atomic mass is 10.1. The zero-order chi connectivity index (χ0) is 9.56. The van der Waals surface area contributed by atoms with Gasteiger partial charge >= 0.3 is 0 Å². The molecule has 12 heavy (non-hydrogen) atoms. The van der Waals surface area contributed by atoms with E-state index >= 15 is 0 Å². The summed E-state index contributed by atoms with van der Waals surface area (Å²) >= 11 is 0. The van der Waals surface area contributed by atoms with E-state index in [1.54, 1.807) is 6.92 Å². The van der Waals surface area contributed by atoms with Crippen molar-refractivity contribution in [3.05, 3.63) is 0 Å². The van der Waals surface area contributed by atoms with E-state index in [0.717, 1.165) is 0 Å². The van der Waals surface area contributed by atoms with Crippen LogP contribution in [-0.2, 0) is 14.6 Å². The fourth-order valence-corrected chi connectivity index (χ4v) is 0.894. The van der Waals surface area contributed by atoms with Crippen LogP contribution in [0.3, 0.4) is 0 Å². The fourth-order valence-electron chi connectivity index (χ4n) is 0.894. The molecule has 0 aliphatic rings. The van der Waals surface area contributed by atoms with Gasteiger partial charge in [0.25, 0.3) is 0 Å². The Hall–Kier alpha value is -0.450. The average molecular weight is 174 g/mol. The predicted molar refractivity (Wildman–Crippen MR) is 44.9 cm³/mol. The van der Waals surface area contributed by atoms with Gasteiger partial charge in [0.2, 0.25) is 0 Å². The second-order valence-corrected chi connectivity index (χ2v) is 2.72. The molecule has 0 heterocycles. The first-order valence-electron chi connectivity index (χ1n) is 3.87. The molecule has 0 amide bonds. The van der Waals surface area contributed by atoms with Crippen molar-refractivity contribution in [2.24, 2.45) is 0 Å². The van der Waals surface area contributed by atoms with Gasteiger partial charge < -0.3 is 14.9 Å². The number of hydrogen-bond acceptors (Lipinski definition) is 3. The maximum atomic E-state index is 10.7. The molecule has 0 fully saturated rings. The highest BCUT2D eigenvalue weighted by Gasteiger charge is 2.10. The van der Waals surface area contributed by atoms with Gasteiger partial charge in [-0.1, -0.05) is 0 Å². The molecule has 0 aromatic heterocycles. The Balaban J connectivity index is 3.66. The average Bonchev–Trinajstić information content (AvgIpc) is 1.98. The maximum Gasteiger partial charge on any atom is 0.161 e. The van der Waals surface area contributed by atoms with Gasteiger partial charge in [-0.25, -0.2) is 5.11 Å². The lowest BCUT2D eigenvalue weighted by Gasteiger charge is -2.13. The van der Waals surface area contributed by atoms with Gasteiger partial charge in [-0.3, -0.25) is 0 Å². The number of hydrogen-bond donors (Lipinski definition) is 1. The molecule has 0 aliphatic carbocycles. The summed E-state index contributed by atoms with van der Waals surface area (Å²) in [7, 11) is 3.03. The van der Waals surface area contributed by atoms with Crippen molar-refractivity contribution in [1.29, 1.82) is 5.41 Å². The molecule has 71 valence electrons. The molecule has 0 aliphatic heterocycles. The first kappa shape index (κ1) is 11.6. The van der Waals surface area contributed by atoms with Crippen LogP contribution in [0.25, 0.3) is 0 Å². The van der Waals surface area contributed by atoms with E-state index in [-0.39, 0.29) is 6.42 Å². The normalized spacial score (nSPS) is 13.4. The second-order valence-electron chi connectivity index (χ2n) is 2.72. The summed E-state index contributed by atoms with van der Waals surface area (Å²) < 4.78 is 9.77. The molecule has 1 radical (unpaired) electrons. The van der Waals surface area contributed by atoms with Crippen molar-refractivity contribution >= 4 is 5.71 Å². The monoisotopic (exact) mass is 174 g/mol. The molecule has 1 unspecified atom stereocenters. The highest BCUT2D eigenvalue weighted by Crippen LogP contribution is 2.03. The fraction of sp³-hybridized carbons (Fsp3) is 0.875. The van der Waals surface area contributed by atoms with Crippen molar-refractivity contribution in [1.82, 2.24) is 0 Å². The molecule has 1 atom stereocenters. The van der Waals surface area contributed by atoms with Crippen molar-refractivity contribution in [2.75, 3.05) is 14.2 Å². The van der Waals surface area contributed by atoms with Gasteiger partial charge in [0.1, 0.15) is 0 Å². The highest BCUT2D eigenvalue weighted by molar-refractivity contribution is 5.82. The minimum absolute atomic E-state index is 0.267. The van der Waals surface area contributed by atoms with Gasteiger partial charge in [0.05, 0.1) is 6.10 Å². The molecule has 0 rings (SSSR count). The van der Waals surface area contributed by atoms with E-state index in [1.807, 2.05) is 0 Å². The Morgan fingerprint density at radius 1 is 1.33 bits per heavy atom. The quantitative estimate of drug-likeness (QED) is 0.486. The summed E-state index contributed by atoms with van der Waals surface area (Å²) in [6, 6.07) is 0. The molecule has 1 N–H and O–H groups in total. The Labute approximate surface area is 73.0 Å². The number of nitrogens with one attached hydrogen (secondary N) is 1. The Kier molecular flexibility index (Phi) is 5.88. The van der Waals surface area contributed by atoms with Crippen LogP contribution in [0.15, 0.2) is 0 Å². The SMILES string of the molecule is COC(CC(=N)CC(C)[O])OC. The topological polar surface area (TPSA) is 62.2 Å². The Bertz CT molecular complexity index is 132. The smallest absolute Gasteiger partial charge is 0.161 e. The van der Waals surface area contributed by atoms with Gasteiger partial charge in [-0.2, -0.15) is 0 Å². The molecule has 0 aromatic carbocycles.